The molecule has 3 aromatic heterocycles. The van der Waals surface area contributed by atoms with E-state index in [4.69, 9.17) is 5.11 Å². The molecule has 0 aliphatic heterocycles. The summed E-state index contributed by atoms with van der Waals surface area (Å²) >= 11 is 0. The minimum Gasteiger partial charge on any atom is -0.390 e. The Bertz CT molecular complexity index is 1810. The van der Waals surface area contributed by atoms with E-state index in [1.54, 1.807) is 39.3 Å². The lowest BCUT2D eigenvalue weighted by atomic mass is 10.00. The second-order valence-electron chi connectivity index (χ2n) is 9.47. The van der Waals surface area contributed by atoms with Crippen LogP contribution in [0, 0.1) is 0 Å². The zero-order valence-electron chi connectivity index (χ0n) is 21.5. The maximum Gasteiger partial charge on any atom is 0.451 e. The van der Waals surface area contributed by atoms with E-state index in [-0.39, 0.29) is 22.3 Å². The second-order valence-corrected chi connectivity index (χ2v) is 9.47. The van der Waals surface area contributed by atoms with E-state index >= 15 is 0 Å². The smallest absolute Gasteiger partial charge is 0.390 e. The molecule has 0 bridgehead atoms. The highest BCUT2D eigenvalue weighted by molar-refractivity contribution is 6.13. The Morgan fingerprint density at radius 2 is 1.77 bits per heavy atom. The van der Waals surface area contributed by atoms with Crippen molar-refractivity contribution in [1.29, 1.82) is 0 Å². The molecule has 5 rings (SSSR count). The van der Waals surface area contributed by atoms with Crippen molar-refractivity contribution in [1.82, 2.24) is 24.3 Å². The molecule has 0 spiro atoms. The Morgan fingerprint density at radius 1 is 1.02 bits per heavy atom. The van der Waals surface area contributed by atoms with E-state index in [2.05, 4.69) is 20.4 Å². The van der Waals surface area contributed by atoms with Gasteiger partial charge in [0.25, 0.3) is 5.92 Å². The van der Waals surface area contributed by atoms with Gasteiger partial charge in [0.15, 0.2) is 0 Å². The molecule has 0 saturated heterocycles. The van der Waals surface area contributed by atoms with Crippen molar-refractivity contribution < 1.29 is 27.1 Å². The van der Waals surface area contributed by atoms with Crippen molar-refractivity contribution in [2.24, 2.45) is 14.1 Å². The van der Waals surface area contributed by atoms with Crippen molar-refractivity contribution in [3.8, 4) is 11.1 Å². The molecule has 0 fully saturated rings. The predicted octanol–water partition coefficient (Wildman–Crippen LogP) is 5.16. The van der Waals surface area contributed by atoms with Crippen LogP contribution in [0.25, 0.3) is 32.9 Å². The standard InChI is InChI=1S/C27H23F5N6O2/c1-14(15-5-4-6-17(9-15)26(28,29)13-39)34-24-19-10-18(16-7-8-21(40)37(2)12-16)23-20(11-33-38(23)3)22(19)35-25(36-24)27(30,31)32/h4-12,14,39H,13H2,1-3H3,(H,34,35,36)/t14-/m1/s1. The molecule has 208 valence electrons. The Balaban J connectivity index is 1.74. The summed E-state index contributed by atoms with van der Waals surface area (Å²) in [5, 5.41) is 16.8. The van der Waals surface area contributed by atoms with Crippen molar-refractivity contribution >= 4 is 27.6 Å². The number of nitrogens with one attached hydrogen (secondary N) is 1. The first kappa shape index (κ1) is 27.2. The Kier molecular flexibility index (Phi) is 6.57. The summed E-state index contributed by atoms with van der Waals surface area (Å²) in [5.41, 5.74) is 1.34. The fraction of sp³-hybridized carbons (Fsp3) is 0.259. The predicted molar refractivity (Wildman–Crippen MR) is 139 cm³/mol. The van der Waals surface area contributed by atoms with Crippen molar-refractivity contribution in [2.75, 3.05) is 11.9 Å². The molecule has 0 unspecified atom stereocenters. The Labute approximate surface area is 223 Å². The molecule has 0 radical (unpaired) electrons. The van der Waals surface area contributed by atoms with E-state index in [9.17, 15) is 26.7 Å². The van der Waals surface area contributed by atoms with Gasteiger partial charge in [0.1, 0.15) is 12.4 Å². The van der Waals surface area contributed by atoms with E-state index in [0.29, 0.717) is 27.6 Å². The first-order valence-electron chi connectivity index (χ1n) is 12.1. The van der Waals surface area contributed by atoms with E-state index in [1.807, 2.05) is 0 Å². The fourth-order valence-electron chi connectivity index (χ4n) is 4.58. The normalized spacial score (nSPS) is 13.2. The first-order chi connectivity index (χ1) is 18.8. The lowest BCUT2D eigenvalue weighted by Crippen LogP contribution is -2.19. The molecular formula is C27H23F5N6O2. The number of pyridine rings is 1. The van der Waals surface area contributed by atoms with Crippen LogP contribution in [0.15, 0.2) is 59.7 Å². The number of aliphatic hydroxyl groups is 1. The number of hydrogen-bond donors (Lipinski definition) is 2. The van der Waals surface area contributed by atoms with Crippen LogP contribution in [0.5, 0.6) is 0 Å². The highest BCUT2D eigenvalue weighted by atomic mass is 19.4. The zero-order chi connectivity index (χ0) is 29.0. The number of aryl methyl sites for hydroxylation is 2. The molecule has 0 aliphatic carbocycles. The third-order valence-corrected chi connectivity index (χ3v) is 6.69. The Hall–Kier alpha value is -4.39. The SMILES string of the molecule is C[C@@H](Nc1nc(C(F)(F)F)nc2c1cc(-c1ccc(=O)n(C)c1)c1c2cnn1C)c1cccc(C(F)(F)CO)c1. The molecule has 0 saturated carbocycles. The number of aliphatic hydroxyl groups excluding tert-OH is 1. The van der Waals surface area contributed by atoms with Gasteiger partial charge in [-0.2, -0.15) is 27.1 Å². The molecule has 2 aromatic carbocycles. The molecule has 1 atom stereocenters. The largest absolute Gasteiger partial charge is 0.451 e. The summed E-state index contributed by atoms with van der Waals surface area (Å²) in [4.78, 5) is 19.6. The van der Waals surface area contributed by atoms with Gasteiger partial charge in [-0.3, -0.25) is 9.48 Å². The highest BCUT2D eigenvalue weighted by Crippen LogP contribution is 2.39. The maximum absolute atomic E-state index is 14.1. The summed E-state index contributed by atoms with van der Waals surface area (Å²) in [6.45, 7) is 0.201. The van der Waals surface area contributed by atoms with Crippen LogP contribution in [0.4, 0.5) is 27.8 Å². The van der Waals surface area contributed by atoms with Crippen LogP contribution < -0.4 is 10.9 Å². The maximum atomic E-state index is 14.1. The van der Waals surface area contributed by atoms with Crippen LogP contribution in [0.2, 0.25) is 0 Å². The quantitative estimate of drug-likeness (QED) is 0.280. The number of rotatable bonds is 6. The minimum absolute atomic E-state index is 0.00532. The summed E-state index contributed by atoms with van der Waals surface area (Å²) in [6.07, 6.45) is -1.87. The van der Waals surface area contributed by atoms with Gasteiger partial charge in [-0.15, -0.1) is 0 Å². The van der Waals surface area contributed by atoms with Gasteiger partial charge in [-0.05, 0) is 30.7 Å². The molecule has 5 aromatic rings. The number of halogens is 5. The van der Waals surface area contributed by atoms with Gasteiger partial charge in [0, 0.05) is 59.9 Å². The van der Waals surface area contributed by atoms with E-state index in [1.165, 1.54) is 39.7 Å². The number of benzene rings is 2. The van der Waals surface area contributed by atoms with Crippen LogP contribution in [0.1, 0.15) is 29.9 Å². The molecule has 40 heavy (non-hydrogen) atoms. The topological polar surface area (TPSA) is 97.9 Å². The molecular weight excluding hydrogens is 535 g/mol. The molecule has 13 heteroatoms. The van der Waals surface area contributed by atoms with E-state index in [0.717, 1.165) is 6.07 Å². The first-order valence-corrected chi connectivity index (χ1v) is 12.1. The van der Waals surface area contributed by atoms with Crippen LogP contribution in [0.3, 0.4) is 0 Å². The minimum atomic E-state index is -4.87. The lowest BCUT2D eigenvalue weighted by Gasteiger charge is -2.21. The molecule has 0 amide bonds. The summed E-state index contributed by atoms with van der Waals surface area (Å²) in [5.74, 6) is -5.03. The number of nitrogens with zero attached hydrogens (tertiary/aromatic N) is 5. The fourth-order valence-corrected chi connectivity index (χ4v) is 4.58. The summed E-state index contributed by atoms with van der Waals surface area (Å²) in [7, 11) is 3.22. The third kappa shape index (κ3) is 4.76. The van der Waals surface area contributed by atoms with Gasteiger partial charge in [-0.1, -0.05) is 18.2 Å². The summed E-state index contributed by atoms with van der Waals surface area (Å²) < 4.78 is 72.8. The molecule has 8 nitrogen and oxygen atoms in total. The number of fused-ring (bicyclic) bond motifs is 3. The van der Waals surface area contributed by atoms with Gasteiger partial charge >= 0.3 is 6.18 Å². The van der Waals surface area contributed by atoms with Crippen LogP contribution in [-0.4, -0.2) is 36.0 Å². The van der Waals surface area contributed by atoms with Crippen molar-refractivity contribution in [3.05, 3.63) is 82.2 Å². The van der Waals surface area contributed by atoms with Gasteiger partial charge < -0.3 is 15.0 Å². The second kappa shape index (κ2) is 9.66. The zero-order valence-corrected chi connectivity index (χ0v) is 21.5. The Morgan fingerprint density at radius 3 is 2.45 bits per heavy atom. The average Bonchev–Trinajstić information content (AvgIpc) is 3.31. The van der Waals surface area contributed by atoms with Crippen LogP contribution in [-0.2, 0) is 26.2 Å². The van der Waals surface area contributed by atoms with Gasteiger partial charge in [0.05, 0.1) is 17.2 Å². The number of aromatic nitrogens is 5. The molecule has 2 N–H and O–H groups in total. The lowest BCUT2D eigenvalue weighted by molar-refractivity contribution is -0.144. The number of anilines is 1. The number of alkyl halides is 5. The summed E-state index contributed by atoms with van der Waals surface area (Å²) in [6, 6.07) is 9.08. The molecule has 3 heterocycles. The van der Waals surface area contributed by atoms with Gasteiger partial charge in [-0.25, -0.2) is 9.97 Å². The monoisotopic (exact) mass is 558 g/mol. The van der Waals surface area contributed by atoms with Crippen molar-refractivity contribution in [3.63, 3.8) is 0 Å². The van der Waals surface area contributed by atoms with Crippen molar-refractivity contribution in [2.45, 2.75) is 25.1 Å². The highest BCUT2D eigenvalue weighted by Gasteiger charge is 2.36. The van der Waals surface area contributed by atoms with Crippen LogP contribution >= 0.6 is 0 Å². The van der Waals surface area contributed by atoms with Gasteiger partial charge in [0.2, 0.25) is 11.4 Å². The molecule has 0 aliphatic rings. The average molecular weight is 559 g/mol. The number of hydrogen-bond acceptors (Lipinski definition) is 6. The van der Waals surface area contributed by atoms with E-state index < -0.39 is 36.1 Å². The third-order valence-electron chi connectivity index (χ3n) is 6.69.